The van der Waals surface area contributed by atoms with Crippen LogP contribution >= 0.6 is 11.6 Å². The van der Waals surface area contributed by atoms with Crippen molar-refractivity contribution in [2.45, 2.75) is 45.1 Å². The maximum absolute atomic E-state index is 11.8. The van der Waals surface area contributed by atoms with E-state index in [1.54, 1.807) is 0 Å². The van der Waals surface area contributed by atoms with Crippen LogP contribution in [-0.2, 0) is 0 Å². The maximum atomic E-state index is 11.8. The molecule has 3 nitrogen and oxygen atoms in total. The summed E-state index contributed by atoms with van der Waals surface area (Å²) < 4.78 is 0. The highest BCUT2D eigenvalue weighted by molar-refractivity contribution is 6.31. The van der Waals surface area contributed by atoms with Crippen LogP contribution in [0.2, 0.25) is 5.02 Å². The molecule has 0 spiro atoms. The Morgan fingerprint density at radius 1 is 1.11 bits per heavy atom. The zero-order valence-corrected chi connectivity index (χ0v) is 16.3. The number of fused-ring (bicyclic) bond motifs is 7. The molecule has 1 aliphatic heterocycles. The molecule has 2 fully saturated rings. The van der Waals surface area contributed by atoms with E-state index in [4.69, 9.17) is 11.6 Å². The van der Waals surface area contributed by atoms with Crippen molar-refractivity contribution in [1.82, 2.24) is 0 Å². The van der Waals surface area contributed by atoms with E-state index in [1.807, 2.05) is 6.07 Å². The second-order valence-electron chi connectivity index (χ2n) is 8.62. The molecule has 1 heterocycles. The van der Waals surface area contributed by atoms with Crippen LogP contribution in [0.25, 0.3) is 0 Å². The fraction of sp³-hybridized carbons (Fsp3) is 0.435. The summed E-state index contributed by atoms with van der Waals surface area (Å²) in [5.41, 5.74) is 5.78. The first kappa shape index (κ1) is 17.1. The van der Waals surface area contributed by atoms with E-state index in [0.717, 1.165) is 11.3 Å². The van der Waals surface area contributed by atoms with Gasteiger partial charge in [-0.15, -0.1) is 0 Å². The van der Waals surface area contributed by atoms with Gasteiger partial charge in [-0.25, -0.2) is 0 Å². The summed E-state index contributed by atoms with van der Waals surface area (Å²) >= 11 is 6.30. The third-order valence-electron chi connectivity index (χ3n) is 7.15. The predicted molar refractivity (Wildman–Crippen MR) is 105 cm³/mol. The number of halogens is 1. The number of carboxylic acids is 1. The van der Waals surface area contributed by atoms with Gasteiger partial charge < -0.3 is 15.2 Å². The van der Waals surface area contributed by atoms with Crippen molar-refractivity contribution in [3.8, 4) is 0 Å². The van der Waals surface area contributed by atoms with E-state index in [1.165, 1.54) is 42.0 Å². The summed E-state index contributed by atoms with van der Waals surface area (Å²) in [4.78, 5) is 11.8. The Hall–Kier alpha value is -2.00. The first-order valence-corrected chi connectivity index (χ1v) is 10.2. The van der Waals surface area contributed by atoms with Gasteiger partial charge in [-0.05, 0) is 85.6 Å². The molecule has 0 unspecified atom stereocenters. The molecule has 2 bridgehead atoms. The molecule has 2 aromatic rings. The lowest BCUT2D eigenvalue weighted by Gasteiger charge is -2.44. The van der Waals surface area contributed by atoms with Crippen molar-refractivity contribution in [3.05, 3.63) is 63.2 Å². The van der Waals surface area contributed by atoms with Crippen LogP contribution in [0.4, 0.5) is 5.69 Å². The van der Waals surface area contributed by atoms with Gasteiger partial charge in [0.05, 0.1) is 12.0 Å². The van der Waals surface area contributed by atoms with Crippen molar-refractivity contribution in [2.75, 3.05) is 5.32 Å². The number of rotatable bonds is 2. The first-order valence-electron chi connectivity index (χ1n) is 9.82. The summed E-state index contributed by atoms with van der Waals surface area (Å²) in [7, 11) is 0. The Morgan fingerprint density at radius 3 is 2.67 bits per heavy atom. The maximum Gasteiger partial charge on any atom is 0.0736 e. The lowest BCUT2D eigenvalue weighted by molar-refractivity contribution is -0.254. The first-order chi connectivity index (χ1) is 12.9. The topological polar surface area (TPSA) is 52.2 Å². The van der Waals surface area contributed by atoms with Gasteiger partial charge in [0.2, 0.25) is 0 Å². The molecule has 3 aliphatic rings. The monoisotopic (exact) mass is 380 g/mol. The van der Waals surface area contributed by atoms with Gasteiger partial charge in [0.1, 0.15) is 0 Å². The molecule has 140 valence electrons. The molecule has 2 saturated carbocycles. The van der Waals surface area contributed by atoms with Crippen LogP contribution in [0.3, 0.4) is 0 Å². The third-order valence-corrected chi connectivity index (χ3v) is 7.37. The van der Waals surface area contributed by atoms with Gasteiger partial charge in [-0.3, -0.25) is 0 Å². The van der Waals surface area contributed by atoms with E-state index in [-0.39, 0.29) is 11.6 Å². The van der Waals surface area contributed by atoms with Crippen molar-refractivity contribution in [1.29, 1.82) is 0 Å². The molecule has 0 aromatic heterocycles. The lowest BCUT2D eigenvalue weighted by Crippen LogP contribution is -2.37. The third kappa shape index (κ3) is 2.51. The van der Waals surface area contributed by atoms with E-state index in [2.05, 4.69) is 37.4 Å². The molecule has 2 aliphatic carbocycles. The molecule has 2 aromatic carbocycles. The highest BCUT2D eigenvalue weighted by Gasteiger charge is 2.54. The molecule has 0 radical (unpaired) electrons. The Morgan fingerprint density at radius 2 is 1.89 bits per heavy atom. The fourth-order valence-electron chi connectivity index (χ4n) is 6.12. The van der Waals surface area contributed by atoms with Gasteiger partial charge >= 0.3 is 0 Å². The highest BCUT2D eigenvalue weighted by Crippen LogP contribution is 2.64. The summed E-state index contributed by atoms with van der Waals surface area (Å²) in [5.74, 6) is 1.02. The van der Waals surface area contributed by atoms with E-state index < -0.39 is 5.97 Å². The van der Waals surface area contributed by atoms with Crippen molar-refractivity contribution in [3.63, 3.8) is 0 Å². The number of anilines is 1. The van der Waals surface area contributed by atoms with Crippen molar-refractivity contribution >= 4 is 23.3 Å². The second kappa shape index (κ2) is 6.00. The van der Waals surface area contributed by atoms with Crippen LogP contribution in [0.5, 0.6) is 0 Å². The van der Waals surface area contributed by atoms with E-state index in [0.29, 0.717) is 28.7 Å². The minimum absolute atomic E-state index is 0.136. The zero-order chi connectivity index (χ0) is 18.9. The van der Waals surface area contributed by atoms with E-state index in [9.17, 15) is 9.90 Å². The molecular weight excluding hydrogens is 358 g/mol. The summed E-state index contributed by atoms with van der Waals surface area (Å²) in [5, 5.41) is 16.0. The molecule has 0 saturated heterocycles. The number of hydrogen-bond acceptors (Lipinski definition) is 3. The van der Waals surface area contributed by atoms with Gasteiger partial charge in [-0.1, -0.05) is 35.4 Å². The van der Waals surface area contributed by atoms with Crippen LogP contribution < -0.4 is 10.4 Å². The highest BCUT2D eigenvalue weighted by atomic mass is 35.5. The number of aryl methyl sites for hydroxylation is 2. The predicted octanol–water partition coefficient (Wildman–Crippen LogP) is 4.62. The number of hydrogen-bond donors (Lipinski definition) is 1. The second-order valence-corrected chi connectivity index (χ2v) is 9.06. The minimum atomic E-state index is -1.16. The molecular formula is C23H23ClNO2-. The number of carbonyl (C=O) groups is 1. The minimum Gasteiger partial charge on any atom is -0.545 e. The quantitative estimate of drug-likeness (QED) is 0.827. The molecule has 4 heteroatoms. The Bertz CT molecular complexity index is 954. The SMILES string of the molecule is Cc1ccc(C)c([C@H]2Nc3c(C(=O)[O-])cc(Cl)cc3[C@H]3[C@H]4CC[C@H](C4)[C@@H]32)c1. The Balaban J connectivity index is 1.72. The van der Waals surface area contributed by atoms with Crippen LogP contribution in [-0.4, -0.2) is 5.97 Å². The van der Waals surface area contributed by atoms with Gasteiger partial charge in [0, 0.05) is 16.3 Å². The lowest BCUT2D eigenvalue weighted by atomic mass is 9.67. The summed E-state index contributed by atoms with van der Waals surface area (Å²) in [6.07, 6.45) is 3.75. The number of carbonyl (C=O) groups excluding carboxylic acids is 1. The van der Waals surface area contributed by atoms with Crippen molar-refractivity contribution in [2.24, 2.45) is 17.8 Å². The standard InChI is InChI=1S/C23H24ClNO2/c1-11-3-4-12(2)16(7-11)22-20-14-6-5-13(8-14)19(20)17-9-15(24)10-18(23(26)27)21(17)25-22/h3-4,7,9-10,13-14,19-20,22,25H,5-6,8H2,1-2H3,(H,26,27)/p-1/t13-,14+,19+,20-,22+/m0/s1. The molecule has 27 heavy (non-hydrogen) atoms. The van der Waals surface area contributed by atoms with Crippen LogP contribution in [0, 0.1) is 31.6 Å². The normalized spacial score (nSPS) is 30.6. The van der Waals surface area contributed by atoms with Crippen molar-refractivity contribution < 1.29 is 9.90 Å². The van der Waals surface area contributed by atoms with E-state index >= 15 is 0 Å². The van der Waals surface area contributed by atoms with Crippen LogP contribution in [0.1, 0.15) is 63.8 Å². The number of carboxylic acid groups (broad SMARTS) is 1. The smallest absolute Gasteiger partial charge is 0.0736 e. The number of benzene rings is 2. The van der Waals surface area contributed by atoms with Gasteiger partial charge in [0.25, 0.3) is 0 Å². The van der Waals surface area contributed by atoms with Gasteiger partial charge in [0.15, 0.2) is 0 Å². The fourth-order valence-corrected chi connectivity index (χ4v) is 6.35. The largest absolute Gasteiger partial charge is 0.545 e. The molecule has 5 rings (SSSR count). The molecule has 5 atom stereocenters. The average Bonchev–Trinajstić information content (AvgIpc) is 3.25. The Kier molecular flexibility index (Phi) is 3.80. The number of nitrogens with one attached hydrogen (secondary N) is 1. The number of aromatic carboxylic acids is 1. The average molecular weight is 381 g/mol. The molecule has 1 N–H and O–H groups in total. The summed E-state index contributed by atoms with van der Waals surface area (Å²) in [6, 6.07) is 10.2. The Labute approximate surface area is 164 Å². The molecule has 0 amide bonds. The zero-order valence-electron chi connectivity index (χ0n) is 15.6. The summed E-state index contributed by atoms with van der Waals surface area (Å²) in [6.45, 7) is 4.26. The van der Waals surface area contributed by atoms with Gasteiger partial charge in [-0.2, -0.15) is 0 Å². The van der Waals surface area contributed by atoms with Crippen LogP contribution in [0.15, 0.2) is 30.3 Å².